The molecule has 0 fully saturated rings. The number of carbonyl (C=O) groups is 1. The molecule has 0 bridgehead atoms. The third-order valence-electron chi connectivity index (χ3n) is 4.70. The largest absolute Gasteiger partial charge is 0.487 e. The molecule has 2 heterocycles. The lowest BCUT2D eigenvalue weighted by Crippen LogP contribution is -2.24. The van der Waals surface area contributed by atoms with Crippen molar-refractivity contribution in [3.05, 3.63) is 58.5 Å². The van der Waals surface area contributed by atoms with E-state index in [0.717, 1.165) is 40.0 Å². The van der Waals surface area contributed by atoms with Crippen molar-refractivity contribution in [2.45, 2.75) is 16.4 Å². The number of carboxylic acid groups (broad SMARTS) is 1. The Balaban J connectivity index is 1.68. The lowest BCUT2D eigenvalue weighted by molar-refractivity contribution is 0.0688. The van der Waals surface area contributed by atoms with Gasteiger partial charge in [0.25, 0.3) is 0 Å². The fourth-order valence-electron chi connectivity index (χ4n) is 3.23. The number of aromatic nitrogens is 1. The van der Waals surface area contributed by atoms with Crippen LogP contribution in [0, 0.1) is 0 Å². The summed E-state index contributed by atoms with van der Waals surface area (Å²) in [6, 6.07) is 14.6. The smallest absolute Gasteiger partial charge is 0.355 e. The van der Waals surface area contributed by atoms with Gasteiger partial charge in [0.2, 0.25) is 0 Å². The molecule has 0 saturated heterocycles. The molecule has 1 aliphatic rings. The number of benzene rings is 2. The van der Waals surface area contributed by atoms with Crippen molar-refractivity contribution in [3.8, 4) is 5.75 Å². The maximum Gasteiger partial charge on any atom is 0.355 e. The molecule has 30 heavy (non-hydrogen) atoms. The van der Waals surface area contributed by atoms with E-state index in [0.29, 0.717) is 4.88 Å². The summed E-state index contributed by atoms with van der Waals surface area (Å²) < 4.78 is 8.30. The van der Waals surface area contributed by atoms with E-state index in [2.05, 4.69) is 57.6 Å². The van der Waals surface area contributed by atoms with Gasteiger partial charge in [0.1, 0.15) is 12.4 Å². The van der Waals surface area contributed by atoms with Gasteiger partial charge in [0, 0.05) is 18.8 Å². The highest BCUT2D eigenvalue weighted by Gasteiger charge is 2.23. The highest BCUT2D eigenvalue weighted by Crippen LogP contribution is 2.44. The van der Waals surface area contributed by atoms with Crippen LogP contribution in [0.1, 0.15) is 15.4 Å². The van der Waals surface area contributed by atoms with Gasteiger partial charge in [-0.1, -0.05) is 18.2 Å². The predicted octanol–water partition coefficient (Wildman–Crippen LogP) is 5.23. The quantitative estimate of drug-likeness (QED) is 0.397. The van der Waals surface area contributed by atoms with E-state index < -0.39 is 5.97 Å². The van der Waals surface area contributed by atoms with Crippen LogP contribution in [0.25, 0.3) is 0 Å². The van der Waals surface area contributed by atoms with Crippen molar-refractivity contribution in [1.82, 2.24) is 9.29 Å². The number of fused-ring (bicyclic) bond motifs is 1. The Kier molecular flexibility index (Phi) is 6.52. The van der Waals surface area contributed by atoms with E-state index in [1.165, 1.54) is 16.8 Å². The summed E-state index contributed by atoms with van der Waals surface area (Å²) in [6.07, 6.45) is 2.02. The van der Waals surface area contributed by atoms with E-state index in [1.54, 1.807) is 23.7 Å². The number of aromatic carboxylic acids is 1. The second-order valence-electron chi connectivity index (χ2n) is 6.62. The summed E-state index contributed by atoms with van der Waals surface area (Å²) in [5, 5.41) is 9.28. The van der Waals surface area contributed by atoms with Gasteiger partial charge in [0.05, 0.1) is 25.9 Å². The molecule has 0 spiro atoms. The van der Waals surface area contributed by atoms with Gasteiger partial charge >= 0.3 is 5.97 Å². The number of anilines is 2. The number of nitrogens with zero attached hydrogens (tertiary/aromatic N) is 3. The topological polar surface area (TPSA) is 65.9 Å². The zero-order valence-electron chi connectivity index (χ0n) is 16.6. The Morgan fingerprint density at radius 1 is 1.27 bits per heavy atom. The van der Waals surface area contributed by atoms with E-state index in [-0.39, 0.29) is 12.3 Å². The molecule has 0 amide bonds. The highest BCUT2D eigenvalue weighted by atomic mass is 32.2. The van der Waals surface area contributed by atoms with Gasteiger partial charge in [-0.05, 0) is 49.5 Å². The molecule has 0 unspecified atom stereocenters. The molecule has 1 N–H and O–H groups in total. The van der Waals surface area contributed by atoms with Crippen LogP contribution in [0.2, 0.25) is 0 Å². The predicted molar refractivity (Wildman–Crippen MR) is 124 cm³/mol. The van der Waals surface area contributed by atoms with Gasteiger partial charge in [0.15, 0.2) is 5.69 Å². The SMILES string of the molecule is CSc1cc2c(cc1OCc1scnc1C(=O)O)SN(C)CCN2c1ccccc1. The summed E-state index contributed by atoms with van der Waals surface area (Å²) in [5.41, 5.74) is 3.91. The number of thiazole rings is 1. The van der Waals surface area contributed by atoms with Crippen molar-refractivity contribution >= 4 is 52.4 Å². The van der Waals surface area contributed by atoms with Gasteiger partial charge in [-0.2, -0.15) is 0 Å². The lowest BCUT2D eigenvalue weighted by atomic mass is 10.2. The maximum absolute atomic E-state index is 11.3. The van der Waals surface area contributed by atoms with Gasteiger partial charge in [-0.15, -0.1) is 23.1 Å². The van der Waals surface area contributed by atoms with Crippen molar-refractivity contribution < 1.29 is 14.6 Å². The molecule has 0 radical (unpaired) electrons. The molecule has 0 atom stereocenters. The Morgan fingerprint density at radius 3 is 2.80 bits per heavy atom. The number of hydrogen-bond acceptors (Lipinski definition) is 8. The Bertz CT molecular complexity index is 1040. The summed E-state index contributed by atoms with van der Waals surface area (Å²) in [6.45, 7) is 1.99. The summed E-state index contributed by atoms with van der Waals surface area (Å²) in [5.74, 6) is -0.278. The van der Waals surface area contributed by atoms with E-state index in [9.17, 15) is 9.90 Å². The van der Waals surface area contributed by atoms with Gasteiger partial charge in [-0.3, -0.25) is 0 Å². The lowest BCUT2D eigenvalue weighted by Gasteiger charge is -2.25. The molecule has 1 aromatic heterocycles. The van der Waals surface area contributed by atoms with E-state index >= 15 is 0 Å². The van der Waals surface area contributed by atoms with Crippen molar-refractivity contribution in [2.75, 3.05) is 31.3 Å². The van der Waals surface area contributed by atoms with Crippen LogP contribution in [0.3, 0.4) is 0 Å². The minimum atomic E-state index is -1.03. The molecule has 4 rings (SSSR count). The molecule has 156 valence electrons. The number of thioether (sulfide) groups is 1. The molecule has 0 aliphatic carbocycles. The van der Waals surface area contributed by atoms with Crippen molar-refractivity contribution in [1.29, 1.82) is 0 Å². The molecule has 3 aromatic rings. The summed E-state index contributed by atoms with van der Waals surface area (Å²) >= 11 is 4.61. The fourth-order valence-corrected chi connectivity index (χ4v) is 5.37. The number of likely N-dealkylation sites (N-methyl/N-ethyl adjacent to an activating group) is 1. The number of para-hydroxylation sites is 1. The van der Waals surface area contributed by atoms with Crippen LogP contribution in [-0.2, 0) is 6.61 Å². The fraction of sp³-hybridized carbons (Fsp3) is 0.238. The number of hydrogen-bond donors (Lipinski definition) is 1. The van der Waals surface area contributed by atoms with Crippen LogP contribution >= 0.6 is 35.0 Å². The van der Waals surface area contributed by atoms with Crippen molar-refractivity contribution in [2.24, 2.45) is 0 Å². The zero-order valence-corrected chi connectivity index (χ0v) is 19.0. The summed E-state index contributed by atoms with van der Waals surface area (Å²) in [4.78, 5) is 20.3. The number of rotatable bonds is 6. The third kappa shape index (κ3) is 4.44. The molecule has 9 heteroatoms. The monoisotopic (exact) mass is 459 g/mol. The van der Waals surface area contributed by atoms with Crippen molar-refractivity contribution in [3.63, 3.8) is 0 Å². The van der Waals surface area contributed by atoms with Crippen LogP contribution in [-0.4, -0.2) is 46.8 Å². The first-order valence-electron chi connectivity index (χ1n) is 9.29. The van der Waals surface area contributed by atoms with Crippen LogP contribution in [0.15, 0.2) is 57.8 Å². The second-order valence-corrected chi connectivity index (χ2v) is 9.65. The number of carboxylic acids is 1. The highest BCUT2D eigenvalue weighted by molar-refractivity contribution is 7.98. The standard InChI is InChI=1S/C21H21N3O3S3/c1-23-8-9-24(14-6-4-3-5-7-14)15-10-18(28-2)16(11-17(15)30-23)27-12-19-20(21(25)26)22-13-29-19/h3-7,10-11,13H,8-9,12H2,1-2H3,(H,25,26). The van der Waals surface area contributed by atoms with Crippen LogP contribution in [0.5, 0.6) is 5.75 Å². The normalized spacial score (nSPS) is 14.3. The molecule has 0 saturated carbocycles. The molecular formula is C21H21N3O3S3. The molecular weight excluding hydrogens is 438 g/mol. The second kappa shape index (κ2) is 9.30. The third-order valence-corrected chi connectivity index (χ3v) is 7.28. The minimum Gasteiger partial charge on any atom is -0.487 e. The average Bonchev–Trinajstić information content (AvgIpc) is 3.16. The van der Waals surface area contributed by atoms with E-state index in [4.69, 9.17) is 4.74 Å². The minimum absolute atomic E-state index is 0.0600. The first kappa shape index (κ1) is 21.0. The first-order valence-corrected chi connectivity index (χ1v) is 12.2. The van der Waals surface area contributed by atoms with E-state index in [1.807, 2.05) is 12.3 Å². The Hall–Kier alpha value is -2.20. The molecule has 2 aromatic carbocycles. The molecule has 6 nitrogen and oxygen atoms in total. The average molecular weight is 460 g/mol. The summed E-state index contributed by atoms with van der Waals surface area (Å²) in [7, 11) is 2.09. The maximum atomic E-state index is 11.3. The van der Waals surface area contributed by atoms with Crippen LogP contribution in [0.4, 0.5) is 11.4 Å². The van der Waals surface area contributed by atoms with Gasteiger partial charge in [-0.25, -0.2) is 14.1 Å². The van der Waals surface area contributed by atoms with Crippen LogP contribution < -0.4 is 9.64 Å². The van der Waals surface area contributed by atoms with Gasteiger partial charge < -0.3 is 14.7 Å². The Labute approximate surface area is 188 Å². The molecule has 1 aliphatic heterocycles. The first-order chi connectivity index (χ1) is 14.6. The number of ether oxygens (including phenoxy) is 1. The Morgan fingerprint density at radius 2 is 2.07 bits per heavy atom. The zero-order chi connectivity index (χ0) is 21.1.